The first kappa shape index (κ1) is 25.5. The Morgan fingerprint density at radius 2 is 1.89 bits per heavy atom. The lowest BCUT2D eigenvalue weighted by molar-refractivity contribution is -0.135. The Morgan fingerprint density at radius 1 is 1.17 bits per heavy atom. The van der Waals surface area contributed by atoms with E-state index in [1.807, 2.05) is 18.7 Å². The zero-order valence-electron chi connectivity index (χ0n) is 22.4. The molecular formula is C28H41N5O2S. The molecule has 2 amide bonds. The van der Waals surface area contributed by atoms with Crippen LogP contribution >= 0.6 is 11.3 Å². The molecule has 0 radical (unpaired) electrons. The number of amides is 2. The molecule has 2 aromatic rings. The predicted octanol–water partition coefficient (Wildman–Crippen LogP) is 4.54. The van der Waals surface area contributed by atoms with Crippen molar-refractivity contribution in [1.29, 1.82) is 0 Å². The van der Waals surface area contributed by atoms with Crippen LogP contribution in [0.1, 0.15) is 92.6 Å². The van der Waals surface area contributed by atoms with Crippen LogP contribution in [-0.2, 0) is 22.6 Å². The number of thiophene rings is 1. The number of hydrogen-bond donors (Lipinski definition) is 1. The van der Waals surface area contributed by atoms with Gasteiger partial charge < -0.3 is 14.8 Å². The van der Waals surface area contributed by atoms with Crippen LogP contribution in [-0.4, -0.2) is 56.3 Å². The van der Waals surface area contributed by atoms with Crippen LogP contribution in [0.4, 0.5) is 0 Å². The van der Waals surface area contributed by atoms with Crippen molar-refractivity contribution in [3.63, 3.8) is 0 Å². The molecule has 8 heteroatoms. The number of aromatic nitrogens is 2. The molecule has 2 saturated heterocycles. The maximum atomic E-state index is 12.6. The number of carbonyl (C=O) groups excluding carboxylic acids is 2. The fourth-order valence-electron chi connectivity index (χ4n) is 6.84. The predicted molar refractivity (Wildman–Crippen MR) is 143 cm³/mol. The summed E-state index contributed by atoms with van der Waals surface area (Å²) in [5.74, 6) is 1.41. The van der Waals surface area contributed by atoms with Gasteiger partial charge in [0, 0.05) is 61.0 Å². The Balaban J connectivity index is 1.26. The fraction of sp³-hybridized carbons (Fsp3) is 0.679. The zero-order valence-corrected chi connectivity index (χ0v) is 23.2. The molecule has 0 aliphatic carbocycles. The largest absolute Gasteiger partial charge is 0.349 e. The number of piperidine rings is 1. The van der Waals surface area contributed by atoms with Gasteiger partial charge in [-0.2, -0.15) is 0 Å². The first-order valence-corrected chi connectivity index (χ1v) is 14.5. The van der Waals surface area contributed by atoms with Gasteiger partial charge in [0.1, 0.15) is 5.82 Å². The molecular weight excluding hydrogens is 470 g/mol. The maximum absolute atomic E-state index is 12.6. The Morgan fingerprint density at radius 3 is 2.50 bits per heavy atom. The van der Waals surface area contributed by atoms with E-state index in [-0.39, 0.29) is 23.8 Å². The molecule has 0 spiro atoms. The standard InChI is InChI=1S/C28H41N5O2S/c1-17(2)28(35)31-10-9-26-25(15-31)29-19(4)33(26)23-13-21-6-7-22(14-23)32(21)11-8-24(30-20(5)34)27-12-18(3)16-36-27/h12,16-17,21-24H,6-11,13-15H2,1-5H3,(H,30,34)/t21-,22+,23?,24-/m0/s1. The van der Waals surface area contributed by atoms with Gasteiger partial charge in [0.25, 0.3) is 0 Å². The number of carbonyl (C=O) groups is 2. The SMILES string of the molecule is CC(=O)N[C@@H](CCN1[C@@H]2CC[C@H]1CC(n1c(C)nc3c1CCN(C(=O)C(C)C)C3)C2)c1cc(C)cs1. The van der Waals surface area contributed by atoms with Crippen LogP contribution in [0.3, 0.4) is 0 Å². The minimum atomic E-state index is 0.0313. The molecule has 2 fully saturated rings. The number of imidazole rings is 1. The second kappa shape index (κ2) is 10.3. The summed E-state index contributed by atoms with van der Waals surface area (Å²) in [6, 6.07) is 3.99. The van der Waals surface area contributed by atoms with Crippen LogP contribution in [0.2, 0.25) is 0 Å². The van der Waals surface area contributed by atoms with Gasteiger partial charge in [-0.1, -0.05) is 13.8 Å². The third-order valence-electron chi connectivity index (χ3n) is 8.41. The Labute approximate surface area is 219 Å². The van der Waals surface area contributed by atoms with Crippen molar-refractivity contribution in [1.82, 2.24) is 24.7 Å². The summed E-state index contributed by atoms with van der Waals surface area (Å²) in [5.41, 5.74) is 3.73. The topological polar surface area (TPSA) is 70.5 Å². The molecule has 1 unspecified atom stereocenters. The lowest BCUT2D eigenvalue weighted by atomic mass is 9.95. The molecule has 7 nitrogen and oxygen atoms in total. The van der Waals surface area contributed by atoms with E-state index < -0.39 is 0 Å². The summed E-state index contributed by atoms with van der Waals surface area (Å²) >= 11 is 1.75. The molecule has 36 heavy (non-hydrogen) atoms. The van der Waals surface area contributed by atoms with Gasteiger partial charge in [0.05, 0.1) is 18.3 Å². The second-order valence-corrected chi connectivity index (χ2v) is 12.3. The molecule has 196 valence electrons. The van der Waals surface area contributed by atoms with Crippen LogP contribution in [0.15, 0.2) is 11.4 Å². The molecule has 5 heterocycles. The first-order valence-electron chi connectivity index (χ1n) is 13.6. The quantitative estimate of drug-likeness (QED) is 0.593. The van der Waals surface area contributed by atoms with Crippen LogP contribution in [0.5, 0.6) is 0 Å². The van der Waals surface area contributed by atoms with E-state index in [1.165, 1.54) is 29.0 Å². The number of fused-ring (bicyclic) bond motifs is 3. The molecule has 5 rings (SSSR count). The van der Waals surface area contributed by atoms with Crippen molar-refractivity contribution in [3.8, 4) is 0 Å². The van der Waals surface area contributed by atoms with E-state index in [0.717, 1.165) is 50.3 Å². The normalized spacial score (nSPS) is 24.7. The lowest BCUT2D eigenvalue weighted by Gasteiger charge is -2.41. The van der Waals surface area contributed by atoms with E-state index in [4.69, 9.17) is 4.98 Å². The average Bonchev–Trinajstić information content (AvgIpc) is 3.47. The van der Waals surface area contributed by atoms with E-state index in [1.54, 1.807) is 18.3 Å². The van der Waals surface area contributed by atoms with Crippen LogP contribution < -0.4 is 5.32 Å². The Hall–Kier alpha value is -2.19. The molecule has 0 aromatic carbocycles. The minimum absolute atomic E-state index is 0.0313. The number of hydrogen-bond acceptors (Lipinski definition) is 5. The van der Waals surface area contributed by atoms with E-state index in [2.05, 4.69) is 40.1 Å². The fourth-order valence-corrected chi connectivity index (χ4v) is 7.83. The molecule has 4 atom stereocenters. The van der Waals surface area contributed by atoms with Crippen molar-refractivity contribution in [2.75, 3.05) is 13.1 Å². The molecule has 2 bridgehead atoms. The van der Waals surface area contributed by atoms with Crippen molar-refractivity contribution >= 4 is 23.2 Å². The van der Waals surface area contributed by atoms with Gasteiger partial charge in [-0.05, 0) is 63.0 Å². The highest BCUT2D eigenvalue weighted by molar-refractivity contribution is 7.10. The second-order valence-electron chi connectivity index (χ2n) is 11.4. The monoisotopic (exact) mass is 511 g/mol. The number of rotatable bonds is 7. The molecule has 3 aliphatic rings. The minimum Gasteiger partial charge on any atom is -0.349 e. The lowest BCUT2D eigenvalue weighted by Crippen LogP contribution is -2.45. The smallest absolute Gasteiger partial charge is 0.225 e. The Bertz CT molecular complexity index is 1110. The van der Waals surface area contributed by atoms with Crippen molar-refractivity contribution in [3.05, 3.63) is 39.1 Å². The van der Waals surface area contributed by atoms with E-state index in [0.29, 0.717) is 24.7 Å². The summed E-state index contributed by atoms with van der Waals surface area (Å²) in [7, 11) is 0. The van der Waals surface area contributed by atoms with Crippen molar-refractivity contribution < 1.29 is 9.59 Å². The molecule has 1 N–H and O–H groups in total. The Kier molecular flexibility index (Phi) is 7.27. The van der Waals surface area contributed by atoms with Gasteiger partial charge in [-0.3, -0.25) is 14.5 Å². The van der Waals surface area contributed by atoms with Gasteiger partial charge in [-0.15, -0.1) is 11.3 Å². The summed E-state index contributed by atoms with van der Waals surface area (Å²) in [6.45, 7) is 12.3. The summed E-state index contributed by atoms with van der Waals surface area (Å²) in [6.07, 6.45) is 6.71. The maximum Gasteiger partial charge on any atom is 0.225 e. The highest BCUT2D eigenvalue weighted by Gasteiger charge is 2.42. The van der Waals surface area contributed by atoms with Crippen LogP contribution in [0.25, 0.3) is 0 Å². The van der Waals surface area contributed by atoms with Gasteiger partial charge in [0.2, 0.25) is 11.8 Å². The van der Waals surface area contributed by atoms with Gasteiger partial charge in [0.15, 0.2) is 0 Å². The third kappa shape index (κ3) is 4.99. The third-order valence-corrected chi connectivity index (χ3v) is 9.57. The molecule has 0 saturated carbocycles. The van der Waals surface area contributed by atoms with Crippen molar-refractivity contribution in [2.24, 2.45) is 5.92 Å². The van der Waals surface area contributed by atoms with Gasteiger partial charge in [-0.25, -0.2) is 4.98 Å². The van der Waals surface area contributed by atoms with E-state index in [9.17, 15) is 9.59 Å². The number of nitrogens with one attached hydrogen (secondary N) is 1. The highest BCUT2D eigenvalue weighted by Crippen LogP contribution is 2.43. The average molecular weight is 512 g/mol. The highest BCUT2D eigenvalue weighted by atomic mass is 32.1. The summed E-state index contributed by atoms with van der Waals surface area (Å²) < 4.78 is 2.53. The number of aryl methyl sites for hydroxylation is 2. The van der Waals surface area contributed by atoms with Gasteiger partial charge >= 0.3 is 0 Å². The van der Waals surface area contributed by atoms with Crippen molar-refractivity contribution in [2.45, 2.75) is 104 Å². The van der Waals surface area contributed by atoms with E-state index >= 15 is 0 Å². The molecule has 2 aromatic heterocycles. The van der Waals surface area contributed by atoms with Crippen LogP contribution in [0, 0.1) is 19.8 Å². The summed E-state index contributed by atoms with van der Waals surface area (Å²) in [4.78, 5) is 35.4. The number of nitrogens with zero attached hydrogens (tertiary/aromatic N) is 4. The zero-order chi connectivity index (χ0) is 25.6. The first-order chi connectivity index (χ1) is 17.2. The summed E-state index contributed by atoms with van der Waals surface area (Å²) in [5, 5.41) is 5.37. The molecule has 3 aliphatic heterocycles.